The molecule has 0 saturated carbocycles. The van der Waals surface area contributed by atoms with E-state index in [4.69, 9.17) is 4.74 Å². The molecule has 0 fully saturated rings. The lowest BCUT2D eigenvalue weighted by Crippen LogP contribution is -2.47. The number of benzene rings is 1. The maximum absolute atomic E-state index is 12.0. The third kappa shape index (κ3) is 4.59. The molecule has 0 saturated heterocycles. The van der Waals surface area contributed by atoms with Gasteiger partial charge in [0.15, 0.2) is 6.61 Å². The number of anilines is 1. The second-order valence-electron chi connectivity index (χ2n) is 4.87. The molecule has 1 unspecified atom stereocenters. The van der Waals surface area contributed by atoms with Gasteiger partial charge in [-0.25, -0.2) is 0 Å². The molecule has 2 N–H and O–H groups in total. The molecule has 8 heteroatoms. The van der Waals surface area contributed by atoms with Gasteiger partial charge in [-0.3, -0.25) is 14.5 Å². The van der Waals surface area contributed by atoms with Crippen LogP contribution in [0.3, 0.4) is 0 Å². The van der Waals surface area contributed by atoms with Gasteiger partial charge in [0, 0.05) is 17.1 Å². The molecule has 0 bridgehead atoms. The lowest BCUT2D eigenvalue weighted by atomic mass is 10.2. The van der Waals surface area contributed by atoms with Crippen LogP contribution in [0.25, 0.3) is 0 Å². The minimum absolute atomic E-state index is 0. The molecule has 1 aromatic rings. The summed E-state index contributed by atoms with van der Waals surface area (Å²) in [5.74, 6) is 0.184. The number of fused-ring (bicyclic) bond motifs is 1. The number of halogens is 2. The lowest BCUT2D eigenvalue weighted by Gasteiger charge is -2.29. The van der Waals surface area contributed by atoms with Gasteiger partial charge in [0.05, 0.1) is 5.69 Å². The molecule has 0 radical (unpaired) electrons. The van der Waals surface area contributed by atoms with Gasteiger partial charge in [0.2, 0.25) is 5.91 Å². The van der Waals surface area contributed by atoms with Crippen molar-refractivity contribution in [2.45, 2.75) is 13.0 Å². The summed E-state index contributed by atoms with van der Waals surface area (Å²) in [6.45, 7) is 2.42. The Morgan fingerprint density at radius 1 is 1.50 bits per heavy atom. The molecule has 1 heterocycles. The molecule has 0 aromatic heterocycles. The molecule has 6 nitrogen and oxygen atoms in total. The third-order valence-electron chi connectivity index (χ3n) is 3.26. The molecule has 0 spiro atoms. The maximum Gasteiger partial charge on any atom is 0.265 e. The van der Waals surface area contributed by atoms with Crippen LogP contribution in [0.2, 0.25) is 0 Å². The molecule has 122 valence electrons. The zero-order valence-corrected chi connectivity index (χ0v) is 14.8. The van der Waals surface area contributed by atoms with Crippen LogP contribution in [-0.4, -0.2) is 44.6 Å². The van der Waals surface area contributed by atoms with Crippen molar-refractivity contribution >= 4 is 45.8 Å². The standard InChI is InChI=1S/C14H18BrN3O3.ClH/c1-9(16-2)6-17-13(19)7-18-11-4-3-10(15)5-12(11)21-8-14(18)20;/h3-5,9,16H,6-8H2,1-2H3,(H,17,19);1H. The minimum atomic E-state index is -0.221. The summed E-state index contributed by atoms with van der Waals surface area (Å²) in [6.07, 6.45) is 0. The molecule has 1 aromatic carbocycles. The number of carbonyl (C=O) groups excluding carboxylic acids is 2. The molecule has 0 aliphatic carbocycles. The van der Waals surface area contributed by atoms with Crippen LogP contribution in [0.15, 0.2) is 22.7 Å². The van der Waals surface area contributed by atoms with Crippen LogP contribution in [0.5, 0.6) is 5.75 Å². The second kappa shape index (κ2) is 8.36. The van der Waals surface area contributed by atoms with Crippen LogP contribution in [0.1, 0.15) is 6.92 Å². The number of rotatable bonds is 5. The van der Waals surface area contributed by atoms with Crippen molar-refractivity contribution in [2.24, 2.45) is 0 Å². The first kappa shape index (κ1) is 18.7. The Bertz CT molecular complexity index is 556. The fourth-order valence-corrected chi connectivity index (χ4v) is 2.26. The van der Waals surface area contributed by atoms with Gasteiger partial charge < -0.3 is 15.4 Å². The Balaban J connectivity index is 0.00000242. The van der Waals surface area contributed by atoms with E-state index in [2.05, 4.69) is 26.6 Å². The monoisotopic (exact) mass is 391 g/mol. The summed E-state index contributed by atoms with van der Waals surface area (Å²) in [5, 5.41) is 5.83. The quantitative estimate of drug-likeness (QED) is 0.793. The number of hydrogen-bond acceptors (Lipinski definition) is 4. The molecule has 2 amide bonds. The highest BCUT2D eigenvalue weighted by atomic mass is 79.9. The van der Waals surface area contributed by atoms with Crippen molar-refractivity contribution in [3.8, 4) is 5.75 Å². The first-order chi connectivity index (χ1) is 10.0. The Morgan fingerprint density at radius 3 is 2.91 bits per heavy atom. The van der Waals surface area contributed by atoms with E-state index in [1.807, 2.05) is 20.0 Å². The molecule has 1 aliphatic rings. The maximum atomic E-state index is 12.0. The van der Waals surface area contributed by atoms with E-state index >= 15 is 0 Å². The number of nitrogens with one attached hydrogen (secondary N) is 2. The van der Waals surface area contributed by atoms with Crippen LogP contribution in [0.4, 0.5) is 5.69 Å². The summed E-state index contributed by atoms with van der Waals surface area (Å²) in [5.41, 5.74) is 0.617. The summed E-state index contributed by atoms with van der Waals surface area (Å²) in [6, 6.07) is 5.54. The van der Waals surface area contributed by atoms with Crippen LogP contribution >= 0.6 is 28.3 Å². The van der Waals surface area contributed by atoms with Gasteiger partial charge in [-0.2, -0.15) is 0 Å². The Labute approximate surface area is 144 Å². The van der Waals surface area contributed by atoms with Gasteiger partial charge in [0.1, 0.15) is 12.3 Å². The zero-order valence-electron chi connectivity index (χ0n) is 12.4. The first-order valence-corrected chi connectivity index (χ1v) is 7.47. The van der Waals surface area contributed by atoms with E-state index < -0.39 is 0 Å². The number of ether oxygens (including phenoxy) is 1. The fourth-order valence-electron chi connectivity index (χ4n) is 1.92. The summed E-state index contributed by atoms with van der Waals surface area (Å²) >= 11 is 3.36. The van der Waals surface area contributed by atoms with Crippen LogP contribution in [0, 0.1) is 0 Å². The highest BCUT2D eigenvalue weighted by molar-refractivity contribution is 9.10. The SMILES string of the molecule is CNC(C)CNC(=O)CN1C(=O)COc2cc(Br)ccc21.Cl. The average molecular weight is 393 g/mol. The molecular formula is C14H19BrClN3O3. The Hall–Kier alpha value is -1.31. The van der Waals surface area contributed by atoms with Gasteiger partial charge in [-0.1, -0.05) is 15.9 Å². The van der Waals surface area contributed by atoms with Gasteiger partial charge in [0.25, 0.3) is 5.91 Å². The Morgan fingerprint density at radius 2 is 2.23 bits per heavy atom. The molecule has 22 heavy (non-hydrogen) atoms. The topological polar surface area (TPSA) is 70.7 Å². The van der Waals surface area contributed by atoms with Gasteiger partial charge >= 0.3 is 0 Å². The van der Waals surface area contributed by atoms with Gasteiger partial charge in [-0.15, -0.1) is 12.4 Å². The molecule has 2 rings (SSSR count). The molecule has 1 atom stereocenters. The average Bonchev–Trinajstić information content (AvgIpc) is 2.47. The molecular weight excluding hydrogens is 374 g/mol. The van der Waals surface area contributed by atoms with Crippen molar-refractivity contribution in [2.75, 3.05) is 31.6 Å². The van der Waals surface area contributed by atoms with Crippen molar-refractivity contribution in [3.63, 3.8) is 0 Å². The number of likely N-dealkylation sites (N-methyl/N-ethyl adjacent to an activating group) is 1. The Kier molecular flexibility index (Phi) is 7.12. The van der Waals surface area contributed by atoms with Crippen molar-refractivity contribution < 1.29 is 14.3 Å². The van der Waals surface area contributed by atoms with E-state index in [0.29, 0.717) is 18.0 Å². The summed E-state index contributed by atoms with van der Waals surface area (Å²) in [4.78, 5) is 25.4. The van der Waals surface area contributed by atoms with E-state index in [9.17, 15) is 9.59 Å². The summed E-state index contributed by atoms with van der Waals surface area (Å²) in [7, 11) is 1.83. The van der Waals surface area contributed by atoms with Crippen LogP contribution in [-0.2, 0) is 9.59 Å². The smallest absolute Gasteiger partial charge is 0.265 e. The van der Waals surface area contributed by atoms with E-state index in [1.165, 1.54) is 4.90 Å². The number of nitrogens with zero attached hydrogens (tertiary/aromatic N) is 1. The largest absolute Gasteiger partial charge is 0.482 e. The number of hydrogen-bond donors (Lipinski definition) is 2. The lowest BCUT2D eigenvalue weighted by molar-refractivity contribution is -0.125. The van der Waals surface area contributed by atoms with E-state index in [0.717, 1.165) is 4.47 Å². The second-order valence-corrected chi connectivity index (χ2v) is 5.79. The molecule has 1 aliphatic heterocycles. The number of amides is 2. The minimum Gasteiger partial charge on any atom is -0.482 e. The third-order valence-corrected chi connectivity index (χ3v) is 3.76. The van der Waals surface area contributed by atoms with E-state index in [1.54, 1.807) is 12.1 Å². The van der Waals surface area contributed by atoms with E-state index in [-0.39, 0.29) is 43.4 Å². The highest BCUT2D eigenvalue weighted by Gasteiger charge is 2.27. The zero-order chi connectivity index (χ0) is 15.4. The predicted octanol–water partition coefficient (Wildman–Crippen LogP) is 1.32. The summed E-state index contributed by atoms with van der Waals surface area (Å²) < 4.78 is 6.24. The normalized spacial score (nSPS) is 14.5. The highest BCUT2D eigenvalue weighted by Crippen LogP contribution is 2.34. The van der Waals surface area contributed by atoms with Crippen molar-refractivity contribution in [1.82, 2.24) is 10.6 Å². The van der Waals surface area contributed by atoms with Gasteiger partial charge in [-0.05, 0) is 32.2 Å². The first-order valence-electron chi connectivity index (χ1n) is 6.68. The van der Waals surface area contributed by atoms with Crippen molar-refractivity contribution in [3.05, 3.63) is 22.7 Å². The fraction of sp³-hybridized carbons (Fsp3) is 0.429. The van der Waals surface area contributed by atoms with Crippen LogP contribution < -0.4 is 20.3 Å². The predicted molar refractivity (Wildman–Crippen MR) is 90.8 cm³/mol. The van der Waals surface area contributed by atoms with Crippen molar-refractivity contribution in [1.29, 1.82) is 0 Å². The number of carbonyl (C=O) groups is 2.